The minimum Gasteiger partial charge on any atom is -0.481 e. The fourth-order valence-corrected chi connectivity index (χ4v) is 2.19. The zero-order valence-corrected chi connectivity index (χ0v) is 14.0. The predicted octanol–water partition coefficient (Wildman–Crippen LogP) is 5.01. The molecule has 0 saturated heterocycles. The quantitative estimate of drug-likeness (QED) is 0.834. The van der Waals surface area contributed by atoms with E-state index in [-0.39, 0.29) is 10.9 Å². The van der Waals surface area contributed by atoms with E-state index in [0.717, 1.165) is 0 Å². The second-order valence-corrected chi connectivity index (χ2v) is 6.01. The number of hydrogen-bond acceptors (Lipinski definition) is 2. The average molecular weight is 336 g/mol. The van der Waals surface area contributed by atoms with Gasteiger partial charge in [0.2, 0.25) is 0 Å². The summed E-state index contributed by atoms with van der Waals surface area (Å²) in [6.45, 7) is 5.87. The first-order chi connectivity index (χ1) is 10.9. The van der Waals surface area contributed by atoms with Gasteiger partial charge in [-0.1, -0.05) is 37.6 Å². The van der Waals surface area contributed by atoms with Gasteiger partial charge in [0.05, 0.1) is 5.02 Å². The van der Waals surface area contributed by atoms with Crippen LogP contribution in [0.5, 0.6) is 5.75 Å². The van der Waals surface area contributed by atoms with Gasteiger partial charge in [0, 0.05) is 5.69 Å². The molecule has 0 radical (unpaired) electrons. The minimum atomic E-state index is -0.691. The van der Waals surface area contributed by atoms with Gasteiger partial charge in [-0.3, -0.25) is 4.79 Å². The molecular weight excluding hydrogens is 317 g/mol. The first-order valence-electron chi connectivity index (χ1n) is 7.39. The lowest BCUT2D eigenvalue weighted by molar-refractivity contribution is -0.122. The van der Waals surface area contributed by atoms with Crippen molar-refractivity contribution in [3.63, 3.8) is 0 Å². The third-order valence-corrected chi connectivity index (χ3v) is 3.71. The molecular formula is C18H19ClFNO2. The van der Waals surface area contributed by atoms with Gasteiger partial charge >= 0.3 is 0 Å². The molecule has 5 heteroatoms. The lowest BCUT2D eigenvalue weighted by Gasteiger charge is -2.15. The summed E-state index contributed by atoms with van der Waals surface area (Å²) >= 11 is 5.69. The highest BCUT2D eigenvalue weighted by atomic mass is 35.5. The van der Waals surface area contributed by atoms with Gasteiger partial charge in [-0.2, -0.15) is 0 Å². The van der Waals surface area contributed by atoms with Crippen LogP contribution in [0.15, 0.2) is 42.5 Å². The van der Waals surface area contributed by atoms with Gasteiger partial charge in [0.1, 0.15) is 11.6 Å². The maximum Gasteiger partial charge on any atom is 0.265 e. The molecule has 3 nitrogen and oxygen atoms in total. The van der Waals surface area contributed by atoms with E-state index in [0.29, 0.717) is 17.4 Å². The fourth-order valence-electron chi connectivity index (χ4n) is 2.01. The Labute approximate surface area is 140 Å². The average Bonchev–Trinajstić information content (AvgIpc) is 2.51. The van der Waals surface area contributed by atoms with Crippen LogP contribution >= 0.6 is 11.6 Å². The highest BCUT2D eigenvalue weighted by Gasteiger charge is 2.15. The van der Waals surface area contributed by atoms with Crippen LogP contribution in [0.3, 0.4) is 0 Å². The molecule has 2 rings (SSSR count). The molecule has 23 heavy (non-hydrogen) atoms. The molecule has 1 amide bonds. The Bertz CT molecular complexity index is 686. The highest BCUT2D eigenvalue weighted by molar-refractivity contribution is 6.31. The Morgan fingerprint density at radius 1 is 1.13 bits per heavy atom. The molecule has 1 N–H and O–H groups in total. The van der Waals surface area contributed by atoms with Gasteiger partial charge in [-0.15, -0.1) is 0 Å². The van der Waals surface area contributed by atoms with Crippen LogP contribution in [-0.4, -0.2) is 12.0 Å². The van der Waals surface area contributed by atoms with Crippen LogP contribution in [0.1, 0.15) is 32.3 Å². The largest absolute Gasteiger partial charge is 0.481 e. The molecule has 2 aromatic carbocycles. The van der Waals surface area contributed by atoms with Crippen LogP contribution < -0.4 is 10.1 Å². The van der Waals surface area contributed by atoms with Gasteiger partial charge in [0.25, 0.3) is 5.91 Å². The number of anilines is 1. The number of ether oxygens (including phenoxy) is 1. The van der Waals surface area contributed by atoms with Crippen LogP contribution in [0, 0.1) is 5.82 Å². The third kappa shape index (κ3) is 4.70. The third-order valence-electron chi connectivity index (χ3n) is 3.42. The van der Waals surface area contributed by atoms with E-state index in [9.17, 15) is 9.18 Å². The molecule has 2 aromatic rings. The summed E-state index contributed by atoms with van der Waals surface area (Å²) in [7, 11) is 0. The molecule has 122 valence electrons. The number of halogens is 2. The normalized spacial score (nSPS) is 12.1. The maximum absolute atomic E-state index is 13.1. The topological polar surface area (TPSA) is 38.3 Å². The summed E-state index contributed by atoms with van der Waals surface area (Å²) in [4.78, 5) is 12.1. The number of hydrogen-bond donors (Lipinski definition) is 1. The molecule has 0 aromatic heterocycles. The molecule has 0 unspecified atom stereocenters. The van der Waals surface area contributed by atoms with E-state index in [1.807, 2.05) is 24.3 Å². The van der Waals surface area contributed by atoms with Crippen molar-refractivity contribution < 1.29 is 13.9 Å². The van der Waals surface area contributed by atoms with E-state index < -0.39 is 11.9 Å². The molecule has 0 aliphatic carbocycles. The first kappa shape index (κ1) is 17.3. The number of nitrogens with one attached hydrogen (secondary N) is 1. The molecule has 1 atom stereocenters. The Balaban J connectivity index is 1.97. The molecule has 0 fully saturated rings. The van der Waals surface area contributed by atoms with E-state index in [1.165, 1.54) is 23.8 Å². The zero-order chi connectivity index (χ0) is 17.0. The smallest absolute Gasteiger partial charge is 0.265 e. The summed E-state index contributed by atoms with van der Waals surface area (Å²) in [5, 5.41) is 2.60. The summed E-state index contributed by atoms with van der Waals surface area (Å²) in [6, 6.07) is 11.6. The lowest BCUT2D eigenvalue weighted by atomic mass is 10.0. The summed E-state index contributed by atoms with van der Waals surface area (Å²) in [6.07, 6.45) is -0.691. The summed E-state index contributed by atoms with van der Waals surface area (Å²) in [5.41, 5.74) is 1.63. The SMILES string of the molecule is CC(C)c1ccc(O[C@@H](C)C(=O)Nc2ccc(F)c(Cl)c2)cc1. The van der Waals surface area contributed by atoms with Crippen LogP contribution in [0.25, 0.3) is 0 Å². The Morgan fingerprint density at radius 2 is 1.78 bits per heavy atom. The molecule has 0 aliphatic rings. The number of benzene rings is 2. The van der Waals surface area contributed by atoms with Crippen molar-refractivity contribution in [2.45, 2.75) is 32.8 Å². The summed E-state index contributed by atoms with van der Waals surface area (Å²) < 4.78 is 18.7. The first-order valence-corrected chi connectivity index (χ1v) is 7.77. The van der Waals surface area contributed by atoms with Crippen molar-refractivity contribution >= 4 is 23.2 Å². The van der Waals surface area contributed by atoms with Crippen LogP contribution in [0.4, 0.5) is 10.1 Å². The van der Waals surface area contributed by atoms with E-state index in [4.69, 9.17) is 16.3 Å². The van der Waals surface area contributed by atoms with Crippen molar-refractivity contribution in [3.05, 3.63) is 58.9 Å². The minimum absolute atomic E-state index is 0.0411. The van der Waals surface area contributed by atoms with E-state index in [2.05, 4.69) is 19.2 Å². The van der Waals surface area contributed by atoms with Crippen LogP contribution in [-0.2, 0) is 4.79 Å². The molecule has 0 heterocycles. The second kappa shape index (κ2) is 7.47. The molecule has 0 saturated carbocycles. The van der Waals surface area contributed by atoms with Crippen molar-refractivity contribution in [3.8, 4) is 5.75 Å². The Kier molecular flexibility index (Phi) is 5.61. The standard InChI is InChI=1S/C18H19ClFNO2/c1-11(2)13-4-7-15(8-5-13)23-12(3)18(22)21-14-6-9-17(20)16(19)10-14/h4-12H,1-3H3,(H,21,22)/t12-/m0/s1. The Hall–Kier alpha value is -2.07. The van der Waals surface area contributed by atoms with Crippen molar-refractivity contribution in [1.29, 1.82) is 0 Å². The lowest BCUT2D eigenvalue weighted by Crippen LogP contribution is -2.30. The van der Waals surface area contributed by atoms with E-state index >= 15 is 0 Å². The number of rotatable bonds is 5. The highest BCUT2D eigenvalue weighted by Crippen LogP contribution is 2.21. The number of amides is 1. The van der Waals surface area contributed by atoms with Gasteiger partial charge in [-0.05, 0) is 48.7 Å². The second-order valence-electron chi connectivity index (χ2n) is 5.60. The fraction of sp³-hybridized carbons (Fsp3) is 0.278. The predicted molar refractivity (Wildman–Crippen MR) is 90.7 cm³/mol. The number of carbonyl (C=O) groups is 1. The monoisotopic (exact) mass is 335 g/mol. The number of carbonyl (C=O) groups excluding carboxylic acids is 1. The van der Waals surface area contributed by atoms with Gasteiger partial charge in [-0.25, -0.2) is 4.39 Å². The summed E-state index contributed by atoms with van der Waals surface area (Å²) in [5.74, 6) is 0.196. The van der Waals surface area contributed by atoms with Crippen LogP contribution in [0.2, 0.25) is 5.02 Å². The molecule has 0 spiro atoms. The van der Waals surface area contributed by atoms with E-state index in [1.54, 1.807) is 6.92 Å². The Morgan fingerprint density at radius 3 is 2.35 bits per heavy atom. The van der Waals surface area contributed by atoms with Crippen molar-refractivity contribution in [2.24, 2.45) is 0 Å². The molecule has 0 bridgehead atoms. The van der Waals surface area contributed by atoms with Crippen molar-refractivity contribution in [2.75, 3.05) is 5.32 Å². The molecule has 0 aliphatic heterocycles. The zero-order valence-electron chi connectivity index (χ0n) is 13.3. The van der Waals surface area contributed by atoms with Gasteiger partial charge in [0.15, 0.2) is 6.10 Å². The van der Waals surface area contributed by atoms with Crippen molar-refractivity contribution in [1.82, 2.24) is 0 Å². The van der Waals surface area contributed by atoms with Gasteiger partial charge < -0.3 is 10.1 Å². The maximum atomic E-state index is 13.1.